The normalized spacial score (nSPS) is 10.2. The van der Waals surface area contributed by atoms with E-state index in [-0.39, 0.29) is 42.8 Å². The van der Waals surface area contributed by atoms with E-state index in [1.807, 2.05) is 48.9 Å². The van der Waals surface area contributed by atoms with Gasteiger partial charge < -0.3 is 9.30 Å². The van der Waals surface area contributed by atoms with Crippen LogP contribution in [0.1, 0.15) is 17.5 Å². The van der Waals surface area contributed by atoms with E-state index in [2.05, 4.69) is 33.1 Å². The number of hydrogen-bond donors (Lipinski definition) is 0. The molecule has 3 aromatic heterocycles. The van der Waals surface area contributed by atoms with Gasteiger partial charge in [0.2, 0.25) is 0 Å². The van der Waals surface area contributed by atoms with Crippen LogP contribution in [0.5, 0.6) is 5.75 Å². The van der Waals surface area contributed by atoms with Crippen LogP contribution in [-0.2, 0) is 20.0 Å². The molecule has 0 bridgehead atoms. The van der Waals surface area contributed by atoms with Crippen molar-refractivity contribution in [1.82, 2.24) is 19.4 Å². The van der Waals surface area contributed by atoms with Crippen LogP contribution in [0.3, 0.4) is 0 Å². The summed E-state index contributed by atoms with van der Waals surface area (Å²) in [6.45, 7) is 3.32. The maximum Gasteiger partial charge on any atom is 0.258 e. The van der Waals surface area contributed by atoms with Crippen LogP contribution in [0.4, 0.5) is 0 Å². The molecule has 188 valence electrons. The fourth-order valence-electron chi connectivity index (χ4n) is 3.73. The molecule has 0 saturated heterocycles. The average Bonchev–Trinajstić information content (AvgIpc) is 2.84. The maximum atomic E-state index is 12.4. The van der Waals surface area contributed by atoms with Crippen LogP contribution >= 0.6 is 37.2 Å². The van der Waals surface area contributed by atoms with Crippen LogP contribution < -0.4 is 10.3 Å². The fourth-order valence-corrected chi connectivity index (χ4v) is 3.73. The number of pyridine rings is 3. The van der Waals surface area contributed by atoms with E-state index in [9.17, 15) is 4.79 Å². The van der Waals surface area contributed by atoms with E-state index < -0.39 is 0 Å². The van der Waals surface area contributed by atoms with Crippen molar-refractivity contribution in [3.05, 3.63) is 101 Å². The van der Waals surface area contributed by atoms with Crippen molar-refractivity contribution in [2.45, 2.75) is 19.4 Å². The Morgan fingerprint density at radius 3 is 2.46 bits per heavy atom. The predicted octanol–water partition coefficient (Wildman–Crippen LogP) is 5.11. The minimum absolute atomic E-state index is 0. The molecule has 4 aromatic rings. The zero-order valence-corrected chi connectivity index (χ0v) is 22.0. The van der Waals surface area contributed by atoms with E-state index in [0.717, 1.165) is 43.6 Å². The second kappa shape index (κ2) is 15.4. The highest BCUT2D eigenvalue weighted by atomic mass is 35.5. The molecule has 1 aromatic carbocycles. The molecule has 6 nitrogen and oxygen atoms in total. The molecule has 0 fully saturated rings. The minimum atomic E-state index is -0.00752. The zero-order chi connectivity index (χ0) is 22.2. The molecule has 0 aliphatic heterocycles. The van der Waals surface area contributed by atoms with Gasteiger partial charge in [-0.25, -0.2) is 0 Å². The summed E-state index contributed by atoms with van der Waals surface area (Å²) < 4.78 is 7.57. The van der Waals surface area contributed by atoms with Gasteiger partial charge in [0.05, 0.1) is 12.0 Å². The molecule has 0 spiro atoms. The van der Waals surface area contributed by atoms with E-state index >= 15 is 0 Å². The summed E-state index contributed by atoms with van der Waals surface area (Å²) in [6, 6.07) is 15.9. The maximum absolute atomic E-state index is 12.4. The molecule has 9 heteroatoms. The molecule has 0 radical (unpaired) electrons. The summed E-state index contributed by atoms with van der Waals surface area (Å²) in [6.07, 6.45) is 11.0. The number of nitrogens with zero attached hydrogens (tertiary/aromatic N) is 4. The monoisotopic (exact) mass is 536 g/mol. The van der Waals surface area contributed by atoms with Gasteiger partial charge in [-0.2, -0.15) is 0 Å². The van der Waals surface area contributed by atoms with E-state index in [4.69, 9.17) is 4.74 Å². The summed E-state index contributed by atoms with van der Waals surface area (Å²) in [4.78, 5) is 23.1. The third kappa shape index (κ3) is 8.82. The Kier molecular flexibility index (Phi) is 13.3. The summed E-state index contributed by atoms with van der Waals surface area (Å²) in [5, 5.41) is 1.61. The van der Waals surface area contributed by atoms with Gasteiger partial charge in [-0.15, -0.1) is 37.2 Å². The lowest BCUT2D eigenvalue weighted by atomic mass is 10.1. The number of rotatable bonds is 10. The van der Waals surface area contributed by atoms with Crippen molar-refractivity contribution in [2.75, 3.05) is 19.7 Å². The van der Waals surface area contributed by atoms with E-state index in [1.54, 1.807) is 24.0 Å². The molecule has 35 heavy (non-hydrogen) atoms. The predicted molar refractivity (Wildman–Crippen MR) is 148 cm³/mol. The Hall–Kier alpha value is -2.64. The number of aryl methyl sites for hydroxylation is 1. The molecule has 4 rings (SSSR count). The lowest BCUT2D eigenvalue weighted by Gasteiger charge is -2.22. The summed E-state index contributed by atoms with van der Waals surface area (Å²) in [5.41, 5.74) is 2.48. The summed E-state index contributed by atoms with van der Waals surface area (Å²) >= 11 is 0. The highest BCUT2D eigenvalue weighted by molar-refractivity contribution is 5.86. The molecular weight excluding hydrogens is 507 g/mol. The SMILES string of the molecule is Cl.Cl.Cl.Cn1ccc2ccc(OCCCN(CCc3cccnc3)Cc3ccncc3)cc2c1=O. The van der Waals surface area contributed by atoms with Crippen LogP contribution in [0, 0.1) is 0 Å². The highest BCUT2D eigenvalue weighted by Crippen LogP contribution is 2.18. The van der Waals surface area contributed by atoms with E-state index in [0.29, 0.717) is 12.0 Å². The van der Waals surface area contributed by atoms with Crippen LogP contribution in [0.15, 0.2) is 84.3 Å². The van der Waals surface area contributed by atoms with Crippen molar-refractivity contribution >= 4 is 48.0 Å². The number of aromatic nitrogens is 3. The Labute approximate surface area is 224 Å². The smallest absolute Gasteiger partial charge is 0.258 e. The fraction of sp³-hybridized carbons (Fsp3) is 0.269. The number of fused-ring (bicyclic) bond motifs is 1. The first-order chi connectivity index (χ1) is 15.7. The summed E-state index contributed by atoms with van der Waals surface area (Å²) in [5.74, 6) is 0.733. The average molecular weight is 538 g/mol. The lowest BCUT2D eigenvalue weighted by Crippen LogP contribution is -2.28. The van der Waals surface area contributed by atoms with Crippen LogP contribution in [0.25, 0.3) is 10.8 Å². The second-order valence-corrected chi connectivity index (χ2v) is 7.93. The van der Waals surface area contributed by atoms with Crippen molar-refractivity contribution in [2.24, 2.45) is 7.05 Å². The molecule has 0 aliphatic carbocycles. The van der Waals surface area contributed by atoms with Gasteiger partial charge in [-0.3, -0.25) is 19.7 Å². The Morgan fingerprint density at radius 2 is 1.71 bits per heavy atom. The van der Waals surface area contributed by atoms with Crippen molar-refractivity contribution in [3.8, 4) is 5.75 Å². The minimum Gasteiger partial charge on any atom is -0.494 e. The number of benzene rings is 1. The third-order valence-corrected chi connectivity index (χ3v) is 5.54. The van der Waals surface area contributed by atoms with Crippen LogP contribution in [0.2, 0.25) is 0 Å². The first-order valence-electron chi connectivity index (χ1n) is 10.9. The highest BCUT2D eigenvalue weighted by Gasteiger charge is 2.08. The van der Waals surface area contributed by atoms with Crippen molar-refractivity contribution in [1.29, 1.82) is 0 Å². The van der Waals surface area contributed by atoms with Gasteiger partial charge in [0.25, 0.3) is 5.56 Å². The molecule has 0 aliphatic rings. The van der Waals surface area contributed by atoms with Gasteiger partial charge >= 0.3 is 0 Å². The number of halogens is 3. The second-order valence-electron chi connectivity index (χ2n) is 7.93. The van der Waals surface area contributed by atoms with Gasteiger partial charge in [0, 0.05) is 57.7 Å². The number of ether oxygens (including phenoxy) is 1. The molecule has 0 N–H and O–H groups in total. The quantitative estimate of drug-likeness (QED) is 0.263. The van der Waals surface area contributed by atoms with Gasteiger partial charge in [-0.1, -0.05) is 12.1 Å². The molecule has 0 saturated carbocycles. The number of hydrogen-bond acceptors (Lipinski definition) is 5. The van der Waals surface area contributed by atoms with Gasteiger partial charge in [0.1, 0.15) is 5.75 Å². The molecule has 3 heterocycles. The lowest BCUT2D eigenvalue weighted by molar-refractivity contribution is 0.230. The zero-order valence-electron chi connectivity index (χ0n) is 19.6. The molecular formula is C26H31Cl3N4O2. The first kappa shape index (κ1) is 30.4. The molecule has 0 amide bonds. The van der Waals surface area contributed by atoms with E-state index in [1.165, 1.54) is 11.1 Å². The topological polar surface area (TPSA) is 60.2 Å². The largest absolute Gasteiger partial charge is 0.494 e. The Bertz CT molecular complexity index is 1210. The first-order valence-corrected chi connectivity index (χ1v) is 10.9. The van der Waals surface area contributed by atoms with Crippen molar-refractivity contribution < 1.29 is 4.74 Å². The molecule has 0 atom stereocenters. The van der Waals surface area contributed by atoms with Crippen LogP contribution in [-0.4, -0.2) is 39.1 Å². The molecule has 0 unspecified atom stereocenters. The third-order valence-electron chi connectivity index (χ3n) is 5.54. The standard InChI is InChI=1S/C26H28N4O2.3ClH/c1-29-15-10-23-5-6-24(18-25(23)26(29)31)32-17-3-14-30(20-22-7-12-27-13-8-22)16-9-21-4-2-11-28-19-21;;;/h2,4-8,10-13,15,18-19H,3,9,14,16-17,20H2,1H3;3*1H. The Balaban J connectivity index is 0.00000204. The Morgan fingerprint density at radius 1 is 0.914 bits per heavy atom. The summed E-state index contributed by atoms with van der Waals surface area (Å²) in [7, 11) is 1.76. The van der Waals surface area contributed by atoms with Gasteiger partial charge in [-0.05, 0) is 65.8 Å². The van der Waals surface area contributed by atoms with Crippen molar-refractivity contribution in [3.63, 3.8) is 0 Å². The van der Waals surface area contributed by atoms with Gasteiger partial charge in [0.15, 0.2) is 0 Å².